The third-order valence-electron chi connectivity index (χ3n) is 6.23. The van der Waals surface area contributed by atoms with Gasteiger partial charge in [-0.3, -0.25) is 14.4 Å². The van der Waals surface area contributed by atoms with Crippen LogP contribution in [-0.2, 0) is 14.4 Å². The fourth-order valence-corrected chi connectivity index (χ4v) is 4.48. The summed E-state index contributed by atoms with van der Waals surface area (Å²) >= 11 is 0. The van der Waals surface area contributed by atoms with Crippen LogP contribution in [0.3, 0.4) is 0 Å². The SMILES string of the molecule is CCCC(C(=O)N1CCC(CC(N)=O)CC1)N1CCN[C@@H](CC2CC2)C1=O. The van der Waals surface area contributed by atoms with Crippen LogP contribution in [0.4, 0.5) is 0 Å². The average Bonchev–Trinajstić information content (AvgIpc) is 3.46. The van der Waals surface area contributed by atoms with E-state index in [4.69, 9.17) is 5.73 Å². The molecule has 1 unspecified atom stereocenters. The zero-order chi connectivity index (χ0) is 19.4. The zero-order valence-electron chi connectivity index (χ0n) is 16.5. The molecule has 3 N–H and O–H groups in total. The average molecular weight is 379 g/mol. The van der Waals surface area contributed by atoms with Gasteiger partial charge in [0.25, 0.3) is 0 Å². The minimum absolute atomic E-state index is 0.0785. The Hall–Kier alpha value is -1.63. The van der Waals surface area contributed by atoms with Gasteiger partial charge >= 0.3 is 0 Å². The van der Waals surface area contributed by atoms with E-state index in [9.17, 15) is 14.4 Å². The van der Waals surface area contributed by atoms with Crippen LogP contribution in [0, 0.1) is 11.8 Å². The smallest absolute Gasteiger partial charge is 0.245 e. The third-order valence-corrected chi connectivity index (χ3v) is 6.23. The zero-order valence-corrected chi connectivity index (χ0v) is 16.5. The molecule has 0 spiro atoms. The molecule has 1 aliphatic carbocycles. The van der Waals surface area contributed by atoms with Crippen LogP contribution >= 0.6 is 0 Å². The van der Waals surface area contributed by atoms with Crippen LogP contribution in [0.5, 0.6) is 0 Å². The summed E-state index contributed by atoms with van der Waals surface area (Å²) in [5.41, 5.74) is 5.30. The summed E-state index contributed by atoms with van der Waals surface area (Å²) in [5, 5.41) is 3.35. The van der Waals surface area contributed by atoms with Crippen molar-refractivity contribution >= 4 is 17.7 Å². The van der Waals surface area contributed by atoms with Crippen molar-refractivity contribution in [1.29, 1.82) is 0 Å². The molecule has 0 aromatic carbocycles. The minimum atomic E-state index is -0.348. The number of carbonyl (C=O) groups excluding carboxylic acids is 3. The topological polar surface area (TPSA) is 95.7 Å². The number of nitrogens with zero attached hydrogens (tertiary/aromatic N) is 2. The van der Waals surface area contributed by atoms with Crippen molar-refractivity contribution in [3.05, 3.63) is 0 Å². The number of likely N-dealkylation sites (tertiary alicyclic amines) is 1. The molecule has 3 aliphatic rings. The fraction of sp³-hybridized carbons (Fsp3) is 0.850. The Bertz CT molecular complexity index is 555. The van der Waals surface area contributed by atoms with Crippen molar-refractivity contribution in [2.45, 2.75) is 70.4 Å². The van der Waals surface area contributed by atoms with Crippen molar-refractivity contribution in [1.82, 2.24) is 15.1 Å². The Labute approximate surface area is 162 Å². The lowest BCUT2D eigenvalue weighted by atomic mass is 9.92. The Morgan fingerprint density at radius 3 is 2.44 bits per heavy atom. The summed E-state index contributed by atoms with van der Waals surface area (Å²) in [5.74, 6) is 0.867. The van der Waals surface area contributed by atoms with Gasteiger partial charge in [-0.05, 0) is 37.5 Å². The van der Waals surface area contributed by atoms with Gasteiger partial charge in [0.05, 0.1) is 6.04 Å². The molecular weight excluding hydrogens is 344 g/mol. The van der Waals surface area contributed by atoms with Gasteiger partial charge in [0.2, 0.25) is 17.7 Å². The Kier molecular flexibility index (Phi) is 6.73. The van der Waals surface area contributed by atoms with Gasteiger partial charge in [-0.1, -0.05) is 26.2 Å². The van der Waals surface area contributed by atoms with E-state index in [0.717, 1.165) is 32.2 Å². The monoisotopic (exact) mass is 378 g/mol. The second-order valence-corrected chi connectivity index (χ2v) is 8.46. The van der Waals surface area contributed by atoms with Gasteiger partial charge in [-0.25, -0.2) is 0 Å². The predicted octanol–water partition coefficient (Wildman–Crippen LogP) is 0.870. The van der Waals surface area contributed by atoms with Crippen LogP contribution in [0.1, 0.15) is 58.3 Å². The molecule has 2 heterocycles. The molecule has 2 saturated heterocycles. The number of hydrogen-bond acceptors (Lipinski definition) is 4. The predicted molar refractivity (Wildman–Crippen MR) is 103 cm³/mol. The molecule has 0 radical (unpaired) electrons. The van der Waals surface area contributed by atoms with Gasteiger partial charge < -0.3 is 20.9 Å². The molecule has 3 rings (SSSR count). The van der Waals surface area contributed by atoms with E-state index in [0.29, 0.717) is 38.4 Å². The van der Waals surface area contributed by atoms with Gasteiger partial charge in [-0.15, -0.1) is 0 Å². The molecule has 0 aromatic heterocycles. The molecule has 2 aliphatic heterocycles. The van der Waals surface area contributed by atoms with Crippen LogP contribution in [0.15, 0.2) is 0 Å². The standard InChI is InChI=1S/C20H34N4O3/c1-2-3-17(20(27)23-9-6-15(7-10-23)13-18(21)25)24-11-8-22-16(19(24)26)12-14-4-5-14/h14-17,22H,2-13H2,1H3,(H2,21,25)/t16-,17?/m0/s1. The highest BCUT2D eigenvalue weighted by Crippen LogP contribution is 2.34. The van der Waals surface area contributed by atoms with Gasteiger partial charge in [0.15, 0.2) is 0 Å². The van der Waals surface area contributed by atoms with Crippen LogP contribution in [-0.4, -0.2) is 65.8 Å². The Balaban J connectivity index is 1.61. The van der Waals surface area contributed by atoms with Crippen LogP contribution < -0.4 is 11.1 Å². The van der Waals surface area contributed by atoms with E-state index in [2.05, 4.69) is 12.2 Å². The molecule has 3 amide bonds. The fourth-order valence-electron chi connectivity index (χ4n) is 4.48. The number of piperidine rings is 1. The summed E-state index contributed by atoms with van der Waals surface area (Å²) in [6.07, 6.45) is 6.97. The molecule has 7 nitrogen and oxygen atoms in total. The van der Waals surface area contributed by atoms with Gasteiger partial charge in [0, 0.05) is 32.6 Å². The molecule has 7 heteroatoms. The highest BCUT2D eigenvalue weighted by molar-refractivity contribution is 5.90. The number of amides is 3. The lowest BCUT2D eigenvalue weighted by Gasteiger charge is -2.41. The van der Waals surface area contributed by atoms with E-state index in [1.807, 2.05) is 9.80 Å². The molecule has 152 valence electrons. The van der Waals surface area contributed by atoms with E-state index in [1.54, 1.807) is 0 Å². The lowest BCUT2D eigenvalue weighted by molar-refractivity contribution is -0.150. The number of rotatable bonds is 8. The van der Waals surface area contributed by atoms with E-state index < -0.39 is 0 Å². The number of hydrogen-bond donors (Lipinski definition) is 2. The van der Waals surface area contributed by atoms with E-state index >= 15 is 0 Å². The molecule has 0 bridgehead atoms. The first-order chi connectivity index (χ1) is 13.0. The molecule has 2 atom stereocenters. The largest absolute Gasteiger partial charge is 0.370 e. The molecule has 0 aromatic rings. The highest BCUT2D eigenvalue weighted by Gasteiger charge is 2.40. The van der Waals surface area contributed by atoms with Crippen molar-refractivity contribution < 1.29 is 14.4 Å². The number of primary amides is 1. The first-order valence-electron chi connectivity index (χ1n) is 10.6. The maximum atomic E-state index is 13.2. The lowest BCUT2D eigenvalue weighted by Crippen LogP contribution is -2.61. The highest BCUT2D eigenvalue weighted by atomic mass is 16.2. The maximum Gasteiger partial charge on any atom is 0.245 e. The first kappa shape index (κ1) is 20.1. The molecule has 27 heavy (non-hydrogen) atoms. The Morgan fingerprint density at radius 2 is 1.85 bits per heavy atom. The first-order valence-corrected chi connectivity index (χ1v) is 10.6. The maximum absolute atomic E-state index is 13.2. The van der Waals surface area contributed by atoms with Crippen molar-refractivity contribution in [2.75, 3.05) is 26.2 Å². The van der Waals surface area contributed by atoms with Crippen LogP contribution in [0.2, 0.25) is 0 Å². The summed E-state index contributed by atoms with van der Waals surface area (Å²) in [4.78, 5) is 41.1. The molecule has 3 fully saturated rings. The van der Waals surface area contributed by atoms with Crippen LogP contribution in [0.25, 0.3) is 0 Å². The second kappa shape index (κ2) is 9.04. The number of nitrogens with one attached hydrogen (secondary N) is 1. The second-order valence-electron chi connectivity index (χ2n) is 8.46. The van der Waals surface area contributed by atoms with E-state index in [-0.39, 0.29) is 35.7 Å². The summed E-state index contributed by atoms with van der Waals surface area (Å²) in [6.45, 7) is 4.74. The number of piperazine rings is 1. The van der Waals surface area contributed by atoms with Crippen molar-refractivity contribution in [3.63, 3.8) is 0 Å². The summed E-state index contributed by atoms with van der Waals surface area (Å²) < 4.78 is 0. The third kappa shape index (κ3) is 5.21. The quantitative estimate of drug-likeness (QED) is 0.655. The normalized spacial score (nSPS) is 25.5. The van der Waals surface area contributed by atoms with E-state index in [1.165, 1.54) is 12.8 Å². The summed E-state index contributed by atoms with van der Waals surface area (Å²) in [6, 6.07) is -0.473. The minimum Gasteiger partial charge on any atom is -0.370 e. The number of carbonyl (C=O) groups is 3. The number of nitrogens with two attached hydrogens (primary N) is 1. The van der Waals surface area contributed by atoms with Gasteiger partial charge in [-0.2, -0.15) is 0 Å². The molecular formula is C20H34N4O3. The molecule has 1 saturated carbocycles. The van der Waals surface area contributed by atoms with Crippen molar-refractivity contribution in [2.24, 2.45) is 17.6 Å². The summed E-state index contributed by atoms with van der Waals surface area (Å²) in [7, 11) is 0. The van der Waals surface area contributed by atoms with Crippen molar-refractivity contribution in [3.8, 4) is 0 Å². The Morgan fingerprint density at radius 1 is 1.15 bits per heavy atom. The van der Waals surface area contributed by atoms with Gasteiger partial charge in [0.1, 0.15) is 6.04 Å².